The van der Waals surface area contributed by atoms with Crippen LogP contribution in [0.25, 0.3) is 10.8 Å². The molecule has 152 valence electrons. The van der Waals surface area contributed by atoms with E-state index in [9.17, 15) is 13.2 Å². The Kier molecular flexibility index (Phi) is 5.91. The fraction of sp³-hybridized carbons (Fsp3) is 0.227. The maximum Gasteiger partial charge on any atom is 0.304 e. The fourth-order valence-electron chi connectivity index (χ4n) is 3.07. The number of rotatable bonds is 6. The summed E-state index contributed by atoms with van der Waals surface area (Å²) in [5.74, 6) is -0.411. The molecule has 0 bridgehead atoms. The molecule has 0 radical (unpaired) electrons. The van der Waals surface area contributed by atoms with E-state index >= 15 is 0 Å². The number of carbonyl (C=O) groups excluding carboxylic acids is 1. The third-order valence-corrected chi connectivity index (χ3v) is 6.50. The molecule has 7 heteroatoms. The van der Waals surface area contributed by atoms with Gasteiger partial charge in [0.15, 0.2) is 0 Å². The van der Waals surface area contributed by atoms with Crippen molar-refractivity contribution in [2.45, 2.75) is 13.8 Å². The van der Waals surface area contributed by atoms with E-state index in [0.29, 0.717) is 11.4 Å². The van der Waals surface area contributed by atoms with Gasteiger partial charge in [-0.2, -0.15) is 12.7 Å². The van der Waals surface area contributed by atoms with E-state index in [-0.39, 0.29) is 6.54 Å². The summed E-state index contributed by atoms with van der Waals surface area (Å²) in [5.41, 5.74) is 2.81. The highest BCUT2D eigenvalue weighted by Gasteiger charge is 2.28. The molecule has 0 aliphatic rings. The molecule has 3 rings (SSSR count). The Bertz CT molecular complexity index is 1160. The predicted octanol–water partition coefficient (Wildman–Crippen LogP) is 3.71. The average Bonchev–Trinajstić information content (AvgIpc) is 2.68. The molecule has 0 unspecified atom stereocenters. The smallest absolute Gasteiger partial charge is 0.304 e. The highest BCUT2D eigenvalue weighted by atomic mass is 32.2. The number of nitrogens with one attached hydrogen (secondary N) is 1. The van der Waals surface area contributed by atoms with Crippen LogP contribution in [0.1, 0.15) is 11.1 Å². The molecular formula is C22H25N3O3S. The molecule has 0 aliphatic heterocycles. The number of hydrogen-bond donors (Lipinski definition) is 1. The summed E-state index contributed by atoms with van der Waals surface area (Å²) in [5, 5.41) is 4.88. The van der Waals surface area contributed by atoms with Crippen molar-refractivity contribution in [1.82, 2.24) is 4.31 Å². The average molecular weight is 412 g/mol. The summed E-state index contributed by atoms with van der Waals surface area (Å²) in [6.45, 7) is 3.39. The third-order valence-electron chi connectivity index (χ3n) is 4.69. The molecule has 0 spiro atoms. The van der Waals surface area contributed by atoms with Gasteiger partial charge >= 0.3 is 10.2 Å². The van der Waals surface area contributed by atoms with Crippen LogP contribution in [0, 0.1) is 13.8 Å². The van der Waals surface area contributed by atoms with Gasteiger partial charge in [0, 0.05) is 19.8 Å². The molecule has 0 saturated carbocycles. The predicted molar refractivity (Wildman–Crippen MR) is 118 cm³/mol. The van der Waals surface area contributed by atoms with Crippen molar-refractivity contribution < 1.29 is 13.2 Å². The van der Waals surface area contributed by atoms with E-state index in [1.807, 2.05) is 68.4 Å². The summed E-state index contributed by atoms with van der Waals surface area (Å²) in [7, 11) is -0.941. The number of carbonyl (C=O) groups is 1. The van der Waals surface area contributed by atoms with Crippen molar-refractivity contribution in [2.24, 2.45) is 0 Å². The number of aryl methyl sites for hydroxylation is 2. The molecule has 0 aliphatic carbocycles. The fourth-order valence-corrected chi connectivity index (χ4v) is 4.19. The van der Waals surface area contributed by atoms with E-state index in [4.69, 9.17) is 0 Å². The van der Waals surface area contributed by atoms with Gasteiger partial charge in [-0.15, -0.1) is 0 Å². The van der Waals surface area contributed by atoms with Crippen LogP contribution in [0.3, 0.4) is 0 Å². The van der Waals surface area contributed by atoms with Crippen molar-refractivity contribution in [1.29, 1.82) is 0 Å². The van der Waals surface area contributed by atoms with E-state index in [0.717, 1.165) is 30.5 Å². The van der Waals surface area contributed by atoms with Gasteiger partial charge in [0.2, 0.25) is 5.91 Å². The lowest BCUT2D eigenvalue weighted by atomic mass is 10.1. The van der Waals surface area contributed by atoms with Crippen molar-refractivity contribution in [2.75, 3.05) is 30.3 Å². The molecule has 1 N–H and O–H groups in total. The van der Waals surface area contributed by atoms with Crippen LogP contribution >= 0.6 is 0 Å². The molecule has 1 amide bonds. The second-order valence-corrected chi connectivity index (χ2v) is 9.26. The van der Waals surface area contributed by atoms with Crippen LogP contribution in [-0.2, 0) is 15.0 Å². The summed E-state index contributed by atoms with van der Waals surface area (Å²) >= 11 is 0. The van der Waals surface area contributed by atoms with Crippen molar-refractivity contribution in [3.05, 3.63) is 71.8 Å². The van der Waals surface area contributed by atoms with E-state index in [1.165, 1.54) is 14.1 Å². The zero-order valence-electron chi connectivity index (χ0n) is 17.0. The maximum atomic E-state index is 12.9. The number of anilines is 2. The van der Waals surface area contributed by atoms with Gasteiger partial charge in [-0.1, -0.05) is 42.5 Å². The van der Waals surface area contributed by atoms with Crippen LogP contribution < -0.4 is 9.62 Å². The Morgan fingerprint density at radius 2 is 1.62 bits per heavy atom. The number of hydrogen-bond acceptors (Lipinski definition) is 3. The second-order valence-electron chi connectivity index (χ2n) is 7.20. The molecule has 29 heavy (non-hydrogen) atoms. The molecular weight excluding hydrogens is 386 g/mol. The van der Waals surface area contributed by atoms with E-state index < -0.39 is 16.1 Å². The van der Waals surface area contributed by atoms with Crippen LogP contribution in [0.2, 0.25) is 0 Å². The normalized spacial score (nSPS) is 11.6. The number of fused-ring (bicyclic) bond motifs is 1. The Labute approximate surface area is 171 Å². The van der Waals surface area contributed by atoms with Crippen molar-refractivity contribution >= 4 is 38.3 Å². The minimum atomic E-state index is -3.85. The molecule has 3 aromatic carbocycles. The van der Waals surface area contributed by atoms with Crippen LogP contribution in [0.5, 0.6) is 0 Å². The first-order valence-electron chi connectivity index (χ1n) is 9.24. The number of nitrogens with zero attached hydrogens (tertiary/aromatic N) is 2. The lowest BCUT2D eigenvalue weighted by Crippen LogP contribution is -2.44. The summed E-state index contributed by atoms with van der Waals surface area (Å²) in [6.07, 6.45) is 0. The first-order valence-corrected chi connectivity index (χ1v) is 10.6. The molecule has 0 saturated heterocycles. The van der Waals surface area contributed by atoms with Crippen molar-refractivity contribution in [3.63, 3.8) is 0 Å². The molecule has 0 fully saturated rings. The highest BCUT2D eigenvalue weighted by molar-refractivity contribution is 7.90. The maximum absolute atomic E-state index is 12.9. The van der Waals surface area contributed by atoms with E-state index in [2.05, 4.69) is 5.32 Å². The van der Waals surface area contributed by atoms with Crippen LogP contribution in [0.4, 0.5) is 11.4 Å². The zero-order chi connectivity index (χ0) is 21.2. The first-order chi connectivity index (χ1) is 13.7. The third kappa shape index (κ3) is 4.58. The minimum absolute atomic E-state index is 0.322. The highest BCUT2D eigenvalue weighted by Crippen LogP contribution is 2.25. The van der Waals surface area contributed by atoms with E-state index in [1.54, 1.807) is 6.07 Å². The molecule has 0 heterocycles. The molecule has 3 aromatic rings. The quantitative estimate of drug-likeness (QED) is 0.672. The van der Waals surface area contributed by atoms with Gasteiger partial charge in [-0.05, 0) is 53.9 Å². The zero-order valence-corrected chi connectivity index (χ0v) is 17.8. The van der Waals surface area contributed by atoms with Crippen molar-refractivity contribution in [3.8, 4) is 0 Å². The molecule has 0 aromatic heterocycles. The Hall–Kier alpha value is -2.90. The summed E-state index contributed by atoms with van der Waals surface area (Å²) in [6, 6.07) is 19.0. The van der Waals surface area contributed by atoms with Crippen LogP contribution in [-0.4, -0.2) is 39.3 Å². The minimum Gasteiger partial charge on any atom is -0.324 e. The Balaban J connectivity index is 1.90. The Morgan fingerprint density at radius 1 is 0.931 bits per heavy atom. The molecule has 6 nitrogen and oxygen atoms in total. The first kappa shape index (κ1) is 20.8. The van der Waals surface area contributed by atoms with Gasteiger partial charge in [-0.3, -0.25) is 4.79 Å². The lowest BCUT2D eigenvalue weighted by Gasteiger charge is -2.28. The largest absolute Gasteiger partial charge is 0.324 e. The van der Waals surface area contributed by atoms with Gasteiger partial charge < -0.3 is 5.32 Å². The summed E-state index contributed by atoms with van der Waals surface area (Å²) in [4.78, 5) is 12.8. The summed E-state index contributed by atoms with van der Waals surface area (Å²) < 4.78 is 28.1. The number of benzene rings is 3. The monoisotopic (exact) mass is 411 g/mol. The second kappa shape index (κ2) is 8.23. The number of amides is 1. The van der Waals surface area contributed by atoms with Gasteiger partial charge in [-0.25, -0.2) is 4.31 Å². The lowest BCUT2D eigenvalue weighted by molar-refractivity contribution is -0.114. The Morgan fingerprint density at radius 3 is 2.31 bits per heavy atom. The van der Waals surface area contributed by atoms with Gasteiger partial charge in [0.25, 0.3) is 0 Å². The topological polar surface area (TPSA) is 69.7 Å². The van der Waals surface area contributed by atoms with Gasteiger partial charge in [0.05, 0.1) is 5.69 Å². The van der Waals surface area contributed by atoms with Gasteiger partial charge in [0.1, 0.15) is 6.54 Å². The standard InChI is InChI=1S/C22H25N3O3S/c1-16-9-10-17(2)21(13-16)25(29(27,28)24(3)4)15-22(26)23-20-12-11-18-7-5-6-8-19(18)14-20/h5-14H,15H2,1-4H3,(H,23,26). The SMILES string of the molecule is Cc1ccc(C)c(N(CC(=O)Nc2ccc3ccccc3c2)S(=O)(=O)N(C)C)c1. The molecule has 0 atom stereocenters. The van der Waals surface area contributed by atoms with Crippen LogP contribution in [0.15, 0.2) is 60.7 Å².